The van der Waals surface area contributed by atoms with Gasteiger partial charge in [-0.1, -0.05) is 18.2 Å². The van der Waals surface area contributed by atoms with Gasteiger partial charge in [0.1, 0.15) is 0 Å². The highest BCUT2D eigenvalue weighted by Crippen LogP contribution is 2.15. The van der Waals surface area contributed by atoms with E-state index in [9.17, 15) is 4.79 Å². The second-order valence-corrected chi connectivity index (χ2v) is 3.57. The van der Waals surface area contributed by atoms with Crippen LogP contribution in [0.15, 0.2) is 36.4 Å². The van der Waals surface area contributed by atoms with Crippen molar-refractivity contribution in [1.29, 1.82) is 0 Å². The first kappa shape index (κ1) is 11.3. The summed E-state index contributed by atoms with van der Waals surface area (Å²) in [5.74, 6) is -0.0629. The van der Waals surface area contributed by atoms with E-state index >= 15 is 0 Å². The van der Waals surface area contributed by atoms with Crippen LogP contribution in [0, 0.1) is 0 Å². The van der Waals surface area contributed by atoms with Crippen molar-refractivity contribution < 1.29 is 4.79 Å². The Kier molecular flexibility index (Phi) is 3.92. The Balaban J connectivity index is 2.65. The van der Waals surface area contributed by atoms with Gasteiger partial charge >= 0.3 is 0 Å². The van der Waals surface area contributed by atoms with Crippen molar-refractivity contribution in [1.82, 2.24) is 0 Å². The molecule has 3 nitrogen and oxygen atoms in total. The van der Waals surface area contributed by atoms with Gasteiger partial charge in [-0.05, 0) is 25.1 Å². The summed E-state index contributed by atoms with van der Waals surface area (Å²) in [4.78, 5) is 10.8. The van der Waals surface area contributed by atoms with Gasteiger partial charge in [0, 0.05) is 24.8 Å². The molecule has 0 fully saturated rings. The molecule has 1 amide bonds. The minimum Gasteiger partial charge on any atom is -0.381 e. The van der Waals surface area contributed by atoms with Crippen LogP contribution in [-0.2, 0) is 4.79 Å². The minimum atomic E-state index is -0.0629. The van der Waals surface area contributed by atoms with E-state index in [-0.39, 0.29) is 5.91 Å². The van der Waals surface area contributed by atoms with Crippen LogP contribution in [-0.4, -0.2) is 12.5 Å². The molecule has 0 heterocycles. The standard InChI is InChI=1S/C12H16N2O/c1-9(2)8-13-11-5-4-6-12(7-11)14-10(3)15/h4-7,13H,1,8H2,2-3H3,(H,14,15). The van der Waals surface area contributed by atoms with Gasteiger partial charge in [0.25, 0.3) is 0 Å². The normalized spacial score (nSPS) is 9.47. The molecule has 2 N–H and O–H groups in total. The van der Waals surface area contributed by atoms with Gasteiger partial charge in [0.2, 0.25) is 5.91 Å². The van der Waals surface area contributed by atoms with E-state index in [0.717, 1.165) is 23.5 Å². The smallest absolute Gasteiger partial charge is 0.221 e. The zero-order valence-corrected chi connectivity index (χ0v) is 9.13. The van der Waals surface area contributed by atoms with Crippen molar-refractivity contribution in [2.45, 2.75) is 13.8 Å². The van der Waals surface area contributed by atoms with Crippen LogP contribution in [0.1, 0.15) is 13.8 Å². The molecular weight excluding hydrogens is 188 g/mol. The predicted molar refractivity (Wildman–Crippen MR) is 64.0 cm³/mol. The molecular formula is C12H16N2O. The first-order valence-electron chi connectivity index (χ1n) is 4.84. The summed E-state index contributed by atoms with van der Waals surface area (Å²) in [5, 5.41) is 5.94. The highest BCUT2D eigenvalue weighted by atomic mass is 16.1. The molecule has 0 aliphatic rings. The fourth-order valence-corrected chi connectivity index (χ4v) is 1.16. The number of rotatable bonds is 4. The lowest BCUT2D eigenvalue weighted by Gasteiger charge is -2.08. The summed E-state index contributed by atoms with van der Waals surface area (Å²) in [7, 11) is 0. The molecule has 0 unspecified atom stereocenters. The molecule has 3 heteroatoms. The first-order chi connectivity index (χ1) is 7.08. The topological polar surface area (TPSA) is 41.1 Å². The zero-order chi connectivity index (χ0) is 11.3. The van der Waals surface area contributed by atoms with Gasteiger partial charge in [-0.15, -0.1) is 0 Å². The molecule has 0 radical (unpaired) electrons. The molecule has 0 spiro atoms. The minimum absolute atomic E-state index is 0.0629. The Hall–Kier alpha value is -1.77. The molecule has 0 bridgehead atoms. The fraction of sp³-hybridized carbons (Fsp3) is 0.250. The van der Waals surface area contributed by atoms with Crippen molar-refractivity contribution in [3.8, 4) is 0 Å². The number of hydrogen-bond acceptors (Lipinski definition) is 2. The SMILES string of the molecule is C=C(C)CNc1cccc(NC(C)=O)c1. The molecule has 0 atom stereocenters. The third-order valence-electron chi connectivity index (χ3n) is 1.78. The van der Waals surface area contributed by atoms with Crippen molar-refractivity contribution in [3.05, 3.63) is 36.4 Å². The average Bonchev–Trinajstić information content (AvgIpc) is 2.14. The van der Waals surface area contributed by atoms with E-state index in [1.54, 1.807) is 0 Å². The maximum absolute atomic E-state index is 10.8. The maximum atomic E-state index is 10.8. The van der Waals surface area contributed by atoms with Gasteiger partial charge in [-0.25, -0.2) is 0 Å². The van der Waals surface area contributed by atoms with Crippen molar-refractivity contribution in [2.75, 3.05) is 17.2 Å². The Morgan fingerprint density at radius 2 is 2.00 bits per heavy atom. The molecule has 1 aromatic rings. The number of amides is 1. The van der Waals surface area contributed by atoms with E-state index in [4.69, 9.17) is 0 Å². The third kappa shape index (κ3) is 4.31. The zero-order valence-electron chi connectivity index (χ0n) is 9.13. The molecule has 0 aliphatic carbocycles. The lowest BCUT2D eigenvalue weighted by molar-refractivity contribution is -0.114. The van der Waals surface area contributed by atoms with Gasteiger partial charge in [0.15, 0.2) is 0 Å². The molecule has 1 rings (SSSR count). The Morgan fingerprint density at radius 3 is 2.60 bits per heavy atom. The summed E-state index contributed by atoms with van der Waals surface area (Å²) in [6.07, 6.45) is 0. The lowest BCUT2D eigenvalue weighted by atomic mass is 10.2. The van der Waals surface area contributed by atoms with Crippen LogP contribution >= 0.6 is 0 Å². The van der Waals surface area contributed by atoms with Crippen LogP contribution in [0.5, 0.6) is 0 Å². The number of benzene rings is 1. The third-order valence-corrected chi connectivity index (χ3v) is 1.78. The number of anilines is 2. The second-order valence-electron chi connectivity index (χ2n) is 3.57. The van der Waals surface area contributed by atoms with Crippen LogP contribution < -0.4 is 10.6 Å². The Bertz CT molecular complexity index is 372. The highest BCUT2D eigenvalue weighted by molar-refractivity contribution is 5.89. The summed E-state index contributed by atoms with van der Waals surface area (Å²) in [6.45, 7) is 8.01. The largest absolute Gasteiger partial charge is 0.381 e. The summed E-state index contributed by atoms with van der Waals surface area (Å²) < 4.78 is 0. The molecule has 1 aromatic carbocycles. The monoisotopic (exact) mass is 204 g/mol. The first-order valence-corrected chi connectivity index (χ1v) is 4.84. The Morgan fingerprint density at radius 1 is 1.33 bits per heavy atom. The second kappa shape index (κ2) is 5.20. The van der Waals surface area contributed by atoms with Crippen molar-refractivity contribution in [3.63, 3.8) is 0 Å². The van der Waals surface area contributed by atoms with E-state index in [1.807, 2.05) is 31.2 Å². The van der Waals surface area contributed by atoms with E-state index in [1.165, 1.54) is 6.92 Å². The van der Waals surface area contributed by atoms with Gasteiger partial charge in [0.05, 0.1) is 0 Å². The molecule has 0 saturated heterocycles. The number of nitrogens with one attached hydrogen (secondary N) is 2. The van der Waals surface area contributed by atoms with Crippen LogP contribution in [0.2, 0.25) is 0 Å². The maximum Gasteiger partial charge on any atom is 0.221 e. The van der Waals surface area contributed by atoms with E-state index < -0.39 is 0 Å². The number of carbonyl (C=O) groups is 1. The molecule has 0 aromatic heterocycles. The van der Waals surface area contributed by atoms with Crippen molar-refractivity contribution >= 4 is 17.3 Å². The summed E-state index contributed by atoms with van der Waals surface area (Å²) in [5.41, 5.74) is 2.85. The predicted octanol–water partition coefficient (Wildman–Crippen LogP) is 2.63. The van der Waals surface area contributed by atoms with E-state index in [0.29, 0.717) is 0 Å². The summed E-state index contributed by atoms with van der Waals surface area (Å²) in [6, 6.07) is 7.60. The van der Waals surface area contributed by atoms with Gasteiger partial charge in [-0.2, -0.15) is 0 Å². The van der Waals surface area contributed by atoms with Crippen LogP contribution in [0.25, 0.3) is 0 Å². The lowest BCUT2D eigenvalue weighted by Crippen LogP contribution is -2.07. The highest BCUT2D eigenvalue weighted by Gasteiger charge is 1.96. The average molecular weight is 204 g/mol. The molecule has 0 aliphatic heterocycles. The van der Waals surface area contributed by atoms with Crippen LogP contribution in [0.3, 0.4) is 0 Å². The molecule has 0 saturated carbocycles. The van der Waals surface area contributed by atoms with E-state index in [2.05, 4.69) is 17.2 Å². The summed E-state index contributed by atoms with van der Waals surface area (Å²) >= 11 is 0. The Labute approximate surface area is 90.2 Å². The number of hydrogen-bond donors (Lipinski definition) is 2. The molecule has 15 heavy (non-hydrogen) atoms. The van der Waals surface area contributed by atoms with Gasteiger partial charge in [-0.3, -0.25) is 4.79 Å². The quantitative estimate of drug-likeness (QED) is 0.740. The van der Waals surface area contributed by atoms with Gasteiger partial charge < -0.3 is 10.6 Å². The fourth-order valence-electron chi connectivity index (χ4n) is 1.16. The number of carbonyl (C=O) groups excluding carboxylic acids is 1. The molecule has 80 valence electrons. The van der Waals surface area contributed by atoms with Crippen molar-refractivity contribution in [2.24, 2.45) is 0 Å². The van der Waals surface area contributed by atoms with Crippen LogP contribution in [0.4, 0.5) is 11.4 Å².